The van der Waals surface area contributed by atoms with Gasteiger partial charge in [-0.15, -0.1) is 0 Å². The average molecular weight is 306 g/mol. The molecular weight excluding hydrogens is 280 g/mol. The third-order valence-corrected chi connectivity index (χ3v) is 3.59. The number of anilines is 1. The molecule has 6 heteroatoms. The van der Waals surface area contributed by atoms with E-state index in [1.54, 1.807) is 14.2 Å². The van der Waals surface area contributed by atoms with Crippen LogP contribution in [0.2, 0.25) is 0 Å². The van der Waals surface area contributed by atoms with Gasteiger partial charge in [0.05, 0.1) is 19.8 Å². The van der Waals surface area contributed by atoms with Gasteiger partial charge in [-0.05, 0) is 17.7 Å². The Balaban J connectivity index is 1.80. The van der Waals surface area contributed by atoms with Crippen molar-refractivity contribution in [2.75, 3.05) is 58.5 Å². The van der Waals surface area contributed by atoms with Crippen molar-refractivity contribution in [3.63, 3.8) is 0 Å². The molecule has 0 saturated carbocycles. The number of hydrogen-bond acceptors (Lipinski definition) is 4. The molecule has 1 aromatic rings. The van der Waals surface area contributed by atoms with Crippen LogP contribution in [0.25, 0.3) is 0 Å². The molecule has 0 amide bonds. The maximum absolute atomic E-state index is 5.38. The second kappa shape index (κ2) is 9.27. The first-order valence-corrected chi connectivity index (χ1v) is 7.68. The minimum Gasteiger partial charge on any atom is -0.383 e. The molecule has 0 aliphatic carbocycles. The van der Waals surface area contributed by atoms with E-state index in [-0.39, 0.29) is 0 Å². The summed E-state index contributed by atoms with van der Waals surface area (Å²) in [5, 5.41) is 6.49. The summed E-state index contributed by atoms with van der Waals surface area (Å²) in [6.07, 6.45) is 0. The van der Waals surface area contributed by atoms with Crippen molar-refractivity contribution in [2.24, 2.45) is 4.99 Å². The molecule has 1 saturated heterocycles. The van der Waals surface area contributed by atoms with Crippen molar-refractivity contribution >= 4 is 11.6 Å². The quantitative estimate of drug-likeness (QED) is 0.463. The van der Waals surface area contributed by atoms with E-state index in [0.717, 1.165) is 45.4 Å². The lowest BCUT2D eigenvalue weighted by Crippen LogP contribution is -2.38. The Bertz CT molecular complexity index is 456. The van der Waals surface area contributed by atoms with E-state index in [2.05, 4.69) is 44.8 Å². The highest BCUT2D eigenvalue weighted by atomic mass is 16.5. The van der Waals surface area contributed by atoms with Crippen molar-refractivity contribution in [3.8, 4) is 0 Å². The van der Waals surface area contributed by atoms with Crippen LogP contribution in [0.5, 0.6) is 0 Å². The van der Waals surface area contributed by atoms with Crippen LogP contribution in [-0.2, 0) is 16.0 Å². The molecule has 1 aliphatic heterocycles. The van der Waals surface area contributed by atoms with Gasteiger partial charge in [0.1, 0.15) is 0 Å². The predicted octanol–water partition coefficient (Wildman–Crippen LogP) is 0.835. The van der Waals surface area contributed by atoms with Gasteiger partial charge in [-0.2, -0.15) is 0 Å². The van der Waals surface area contributed by atoms with Gasteiger partial charge in [-0.3, -0.25) is 4.99 Å². The van der Waals surface area contributed by atoms with Gasteiger partial charge in [0, 0.05) is 46.0 Å². The minimum absolute atomic E-state index is 0.662. The molecule has 1 fully saturated rings. The monoisotopic (exact) mass is 306 g/mol. The fourth-order valence-corrected chi connectivity index (χ4v) is 2.32. The zero-order valence-electron chi connectivity index (χ0n) is 13.5. The molecule has 6 nitrogen and oxygen atoms in total. The van der Waals surface area contributed by atoms with E-state index in [1.165, 1.54) is 11.3 Å². The molecule has 1 heterocycles. The van der Waals surface area contributed by atoms with Gasteiger partial charge in [-0.1, -0.05) is 12.1 Å². The topological polar surface area (TPSA) is 58.1 Å². The summed E-state index contributed by atoms with van der Waals surface area (Å²) >= 11 is 0. The predicted molar refractivity (Wildman–Crippen MR) is 89.6 cm³/mol. The number of hydrogen-bond donors (Lipinski definition) is 2. The van der Waals surface area contributed by atoms with Gasteiger partial charge < -0.3 is 25.0 Å². The van der Waals surface area contributed by atoms with E-state index in [4.69, 9.17) is 9.47 Å². The molecule has 0 atom stereocenters. The second-order valence-electron chi connectivity index (χ2n) is 5.11. The molecule has 0 bridgehead atoms. The Morgan fingerprint density at radius 1 is 1.23 bits per heavy atom. The van der Waals surface area contributed by atoms with E-state index in [9.17, 15) is 0 Å². The number of ether oxygens (including phenoxy) is 2. The number of aliphatic imine (C=N–C) groups is 1. The second-order valence-corrected chi connectivity index (χ2v) is 5.11. The van der Waals surface area contributed by atoms with E-state index in [0.29, 0.717) is 6.61 Å². The molecule has 0 aromatic heterocycles. The van der Waals surface area contributed by atoms with Crippen LogP contribution in [0.3, 0.4) is 0 Å². The third-order valence-electron chi connectivity index (χ3n) is 3.59. The van der Waals surface area contributed by atoms with Crippen molar-refractivity contribution in [1.82, 2.24) is 10.6 Å². The average Bonchev–Trinajstić information content (AvgIpc) is 2.59. The van der Waals surface area contributed by atoms with Crippen molar-refractivity contribution < 1.29 is 9.47 Å². The van der Waals surface area contributed by atoms with Gasteiger partial charge >= 0.3 is 0 Å². The first-order valence-electron chi connectivity index (χ1n) is 7.68. The van der Waals surface area contributed by atoms with E-state index >= 15 is 0 Å². The number of nitrogens with one attached hydrogen (secondary N) is 2. The Morgan fingerprint density at radius 2 is 1.95 bits per heavy atom. The highest BCUT2D eigenvalue weighted by molar-refractivity contribution is 5.79. The lowest BCUT2D eigenvalue weighted by Gasteiger charge is -2.28. The van der Waals surface area contributed by atoms with Crippen LogP contribution in [0, 0.1) is 0 Å². The van der Waals surface area contributed by atoms with Crippen molar-refractivity contribution in [3.05, 3.63) is 29.8 Å². The molecule has 0 unspecified atom stereocenters. The Hall–Kier alpha value is -1.79. The minimum atomic E-state index is 0.662. The summed E-state index contributed by atoms with van der Waals surface area (Å²) in [6, 6.07) is 8.65. The summed E-state index contributed by atoms with van der Waals surface area (Å²) in [6.45, 7) is 5.71. The Labute approximate surface area is 132 Å². The standard InChI is InChI=1S/C16H26N4O2/c1-17-16(18-7-10-21-2)19-13-14-3-5-15(6-4-14)20-8-11-22-12-9-20/h3-6H,7-13H2,1-2H3,(H2,17,18,19). The first-order chi connectivity index (χ1) is 10.8. The van der Waals surface area contributed by atoms with E-state index < -0.39 is 0 Å². The first kappa shape index (κ1) is 16.6. The van der Waals surface area contributed by atoms with Crippen molar-refractivity contribution in [1.29, 1.82) is 0 Å². The van der Waals surface area contributed by atoms with Crippen LogP contribution in [0.1, 0.15) is 5.56 Å². The summed E-state index contributed by atoms with van der Waals surface area (Å²) in [7, 11) is 3.46. The Kier molecular flexibility index (Phi) is 6.99. The Morgan fingerprint density at radius 3 is 2.59 bits per heavy atom. The van der Waals surface area contributed by atoms with Crippen LogP contribution in [-0.4, -0.2) is 59.6 Å². The SMILES string of the molecule is CN=C(NCCOC)NCc1ccc(N2CCOCC2)cc1. The fourth-order valence-electron chi connectivity index (χ4n) is 2.32. The maximum Gasteiger partial charge on any atom is 0.191 e. The smallest absolute Gasteiger partial charge is 0.191 e. The molecule has 22 heavy (non-hydrogen) atoms. The largest absolute Gasteiger partial charge is 0.383 e. The fraction of sp³-hybridized carbons (Fsp3) is 0.562. The molecule has 1 aromatic carbocycles. The summed E-state index contributed by atoms with van der Waals surface area (Å²) in [5.74, 6) is 0.786. The highest BCUT2D eigenvalue weighted by Gasteiger charge is 2.10. The molecule has 0 spiro atoms. The van der Waals surface area contributed by atoms with Gasteiger partial charge in [0.25, 0.3) is 0 Å². The van der Waals surface area contributed by atoms with Crippen molar-refractivity contribution in [2.45, 2.75) is 6.54 Å². The normalized spacial score (nSPS) is 15.7. The lowest BCUT2D eigenvalue weighted by atomic mass is 10.2. The maximum atomic E-state index is 5.38. The van der Waals surface area contributed by atoms with Crippen LogP contribution in [0.15, 0.2) is 29.3 Å². The number of morpholine rings is 1. The number of nitrogens with zero attached hydrogens (tertiary/aromatic N) is 2. The molecule has 1 aliphatic rings. The summed E-state index contributed by atoms with van der Waals surface area (Å²) < 4.78 is 10.4. The summed E-state index contributed by atoms with van der Waals surface area (Å²) in [4.78, 5) is 6.54. The molecule has 2 rings (SSSR count). The van der Waals surface area contributed by atoms with Gasteiger partial charge in [-0.25, -0.2) is 0 Å². The number of guanidine groups is 1. The molecule has 122 valence electrons. The third kappa shape index (κ3) is 5.20. The van der Waals surface area contributed by atoms with Gasteiger partial charge in [0.15, 0.2) is 5.96 Å². The zero-order valence-corrected chi connectivity index (χ0v) is 13.5. The van der Waals surface area contributed by atoms with E-state index in [1.807, 2.05) is 0 Å². The van der Waals surface area contributed by atoms with Crippen LogP contribution >= 0.6 is 0 Å². The highest BCUT2D eigenvalue weighted by Crippen LogP contribution is 2.16. The molecular formula is C16H26N4O2. The zero-order chi connectivity index (χ0) is 15.6. The number of benzene rings is 1. The van der Waals surface area contributed by atoms with Crippen LogP contribution in [0.4, 0.5) is 5.69 Å². The molecule has 0 radical (unpaired) electrons. The summed E-state index contributed by atoms with van der Waals surface area (Å²) in [5.41, 5.74) is 2.49. The number of methoxy groups -OCH3 is 1. The lowest BCUT2D eigenvalue weighted by molar-refractivity contribution is 0.122. The molecule has 2 N–H and O–H groups in total. The van der Waals surface area contributed by atoms with Gasteiger partial charge in [0.2, 0.25) is 0 Å². The van der Waals surface area contributed by atoms with Crippen LogP contribution < -0.4 is 15.5 Å². The number of rotatable bonds is 6.